The van der Waals surface area contributed by atoms with Crippen molar-refractivity contribution in [3.63, 3.8) is 0 Å². The van der Waals surface area contributed by atoms with Crippen molar-refractivity contribution >= 4 is 17.5 Å². The highest BCUT2D eigenvalue weighted by Gasteiger charge is 2.31. The standard InChI is InChI=1S/C12H13F3O2S/c1-3-17-11-9(7-8(2)16)5-4-6-10(11)18-12(13,14)15/h4-6H,3,7H2,1-2H3. The van der Waals surface area contributed by atoms with Gasteiger partial charge in [-0.1, -0.05) is 12.1 Å². The Morgan fingerprint density at radius 1 is 1.39 bits per heavy atom. The lowest BCUT2D eigenvalue weighted by molar-refractivity contribution is -0.116. The molecule has 0 unspecified atom stereocenters. The highest BCUT2D eigenvalue weighted by molar-refractivity contribution is 8.00. The number of alkyl halides is 3. The highest BCUT2D eigenvalue weighted by Crippen LogP contribution is 2.42. The van der Waals surface area contributed by atoms with Crippen molar-refractivity contribution in [1.82, 2.24) is 0 Å². The van der Waals surface area contributed by atoms with E-state index in [4.69, 9.17) is 4.74 Å². The molecule has 1 aromatic rings. The highest BCUT2D eigenvalue weighted by atomic mass is 32.2. The Kier molecular flexibility index (Phi) is 5.07. The molecule has 1 rings (SSSR count). The molecule has 18 heavy (non-hydrogen) atoms. The van der Waals surface area contributed by atoms with E-state index in [0.29, 0.717) is 5.56 Å². The average molecular weight is 278 g/mol. The Balaban J connectivity index is 3.12. The van der Waals surface area contributed by atoms with Crippen LogP contribution >= 0.6 is 11.8 Å². The van der Waals surface area contributed by atoms with Gasteiger partial charge < -0.3 is 4.74 Å². The van der Waals surface area contributed by atoms with E-state index in [-0.39, 0.29) is 41.2 Å². The summed E-state index contributed by atoms with van der Waals surface area (Å²) in [5.41, 5.74) is -3.89. The Bertz CT molecular complexity index is 430. The van der Waals surface area contributed by atoms with Crippen molar-refractivity contribution in [2.75, 3.05) is 6.61 Å². The third kappa shape index (κ3) is 4.60. The van der Waals surface area contributed by atoms with Crippen LogP contribution in [0.2, 0.25) is 0 Å². The lowest BCUT2D eigenvalue weighted by Crippen LogP contribution is -2.05. The molecule has 0 saturated carbocycles. The molecule has 0 aliphatic carbocycles. The predicted molar refractivity (Wildman–Crippen MR) is 63.9 cm³/mol. The van der Waals surface area contributed by atoms with Crippen LogP contribution in [0.15, 0.2) is 23.1 Å². The number of benzene rings is 1. The number of ether oxygens (including phenoxy) is 1. The average Bonchev–Trinajstić information content (AvgIpc) is 2.20. The van der Waals surface area contributed by atoms with Gasteiger partial charge in [-0.2, -0.15) is 13.2 Å². The Labute approximate surface area is 108 Å². The van der Waals surface area contributed by atoms with Crippen LogP contribution in [-0.4, -0.2) is 17.9 Å². The summed E-state index contributed by atoms with van der Waals surface area (Å²) in [5.74, 6) is 0.0302. The van der Waals surface area contributed by atoms with E-state index >= 15 is 0 Å². The number of hydrogen-bond acceptors (Lipinski definition) is 3. The number of carbonyl (C=O) groups excluding carboxylic acids is 1. The second-order valence-electron chi connectivity index (χ2n) is 3.60. The molecule has 0 radical (unpaired) electrons. The van der Waals surface area contributed by atoms with Crippen LogP contribution < -0.4 is 4.74 Å². The summed E-state index contributed by atoms with van der Waals surface area (Å²) >= 11 is -0.228. The summed E-state index contributed by atoms with van der Waals surface area (Å²) < 4.78 is 42.4. The van der Waals surface area contributed by atoms with Gasteiger partial charge >= 0.3 is 5.51 Å². The zero-order valence-corrected chi connectivity index (χ0v) is 10.8. The molecule has 1 aromatic carbocycles. The van der Waals surface area contributed by atoms with Gasteiger partial charge in [0.1, 0.15) is 11.5 Å². The van der Waals surface area contributed by atoms with Crippen LogP contribution in [-0.2, 0) is 11.2 Å². The van der Waals surface area contributed by atoms with E-state index in [1.54, 1.807) is 13.0 Å². The Morgan fingerprint density at radius 3 is 2.56 bits per heavy atom. The molecular formula is C12H13F3O2S. The predicted octanol–water partition coefficient (Wildman–Crippen LogP) is 3.83. The minimum absolute atomic E-state index is 0.0110. The summed E-state index contributed by atoms with van der Waals surface area (Å²) in [6, 6.07) is 4.44. The molecule has 0 aliphatic heterocycles. The van der Waals surface area contributed by atoms with Gasteiger partial charge in [0.25, 0.3) is 0 Å². The SMILES string of the molecule is CCOc1c(CC(C)=O)cccc1SC(F)(F)F. The molecular weight excluding hydrogens is 265 g/mol. The number of rotatable bonds is 5. The maximum Gasteiger partial charge on any atom is 0.446 e. The largest absolute Gasteiger partial charge is 0.492 e. The van der Waals surface area contributed by atoms with Crippen molar-refractivity contribution in [3.8, 4) is 5.75 Å². The summed E-state index contributed by atoms with van der Waals surface area (Å²) in [6.07, 6.45) is 0.0710. The van der Waals surface area contributed by atoms with E-state index in [0.717, 1.165) is 0 Å². The molecule has 0 amide bonds. The zero-order valence-electron chi connectivity index (χ0n) is 10.0. The van der Waals surface area contributed by atoms with Gasteiger partial charge in [-0.15, -0.1) is 0 Å². The van der Waals surface area contributed by atoms with E-state index in [1.165, 1.54) is 19.1 Å². The van der Waals surface area contributed by atoms with Crippen LogP contribution in [0, 0.1) is 0 Å². The van der Waals surface area contributed by atoms with Crippen molar-refractivity contribution in [1.29, 1.82) is 0 Å². The first-order chi connectivity index (χ1) is 8.33. The third-order valence-electron chi connectivity index (χ3n) is 2.01. The minimum Gasteiger partial charge on any atom is -0.492 e. The maximum absolute atomic E-state index is 12.4. The van der Waals surface area contributed by atoms with Crippen molar-refractivity contribution < 1.29 is 22.7 Å². The first-order valence-corrected chi connectivity index (χ1v) is 6.15. The fraction of sp³-hybridized carbons (Fsp3) is 0.417. The number of ketones is 1. The lowest BCUT2D eigenvalue weighted by Gasteiger charge is -2.15. The van der Waals surface area contributed by atoms with E-state index in [9.17, 15) is 18.0 Å². The number of thioether (sulfide) groups is 1. The van der Waals surface area contributed by atoms with Crippen LogP contribution in [0.25, 0.3) is 0 Å². The molecule has 0 spiro atoms. The lowest BCUT2D eigenvalue weighted by atomic mass is 10.1. The third-order valence-corrected chi connectivity index (χ3v) is 2.79. The van der Waals surface area contributed by atoms with E-state index in [1.807, 2.05) is 0 Å². The van der Waals surface area contributed by atoms with Gasteiger partial charge in [0.05, 0.1) is 11.5 Å². The second kappa shape index (κ2) is 6.13. The number of halogens is 3. The van der Waals surface area contributed by atoms with Crippen LogP contribution in [0.3, 0.4) is 0 Å². The van der Waals surface area contributed by atoms with Gasteiger partial charge in [0.15, 0.2) is 0 Å². The van der Waals surface area contributed by atoms with Crippen molar-refractivity contribution in [3.05, 3.63) is 23.8 Å². The quantitative estimate of drug-likeness (QED) is 0.766. The van der Waals surface area contributed by atoms with Crippen LogP contribution in [0.5, 0.6) is 5.75 Å². The summed E-state index contributed by atoms with van der Waals surface area (Å²) in [5, 5.41) is 0. The fourth-order valence-corrected chi connectivity index (χ4v) is 2.16. The molecule has 0 aromatic heterocycles. The van der Waals surface area contributed by atoms with Gasteiger partial charge in [-0.05, 0) is 31.7 Å². The summed E-state index contributed by atoms with van der Waals surface area (Å²) in [4.78, 5) is 11.1. The molecule has 100 valence electrons. The maximum atomic E-state index is 12.4. The van der Waals surface area contributed by atoms with Gasteiger partial charge in [-0.3, -0.25) is 4.79 Å². The molecule has 0 heterocycles. The van der Waals surface area contributed by atoms with E-state index in [2.05, 4.69) is 0 Å². The summed E-state index contributed by atoms with van der Waals surface area (Å²) in [6.45, 7) is 3.33. The van der Waals surface area contributed by atoms with Gasteiger partial charge in [-0.25, -0.2) is 0 Å². The first kappa shape index (κ1) is 14.9. The second-order valence-corrected chi connectivity index (χ2v) is 4.71. The molecule has 0 N–H and O–H groups in total. The van der Waals surface area contributed by atoms with Crippen molar-refractivity contribution in [2.45, 2.75) is 30.7 Å². The first-order valence-electron chi connectivity index (χ1n) is 5.33. The van der Waals surface area contributed by atoms with Crippen LogP contribution in [0.4, 0.5) is 13.2 Å². The Hall–Kier alpha value is -1.17. The zero-order chi connectivity index (χ0) is 13.8. The van der Waals surface area contributed by atoms with Crippen LogP contribution in [0.1, 0.15) is 19.4 Å². The minimum atomic E-state index is -4.37. The van der Waals surface area contributed by atoms with E-state index < -0.39 is 5.51 Å². The molecule has 0 saturated heterocycles. The van der Waals surface area contributed by atoms with Crippen molar-refractivity contribution in [2.24, 2.45) is 0 Å². The summed E-state index contributed by atoms with van der Waals surface area (Å²) in [7, 11) is 0. The molecule has 0 fully saturated rings. The number of Topliss-reactive ketones (excluding diaryl/α,β-unsaturated/α-hetero) is 1. The normalized spacial score (nSPS) is 11.4. The molecule has 2 nitrogen and oxygen atoms in total. The molecule has 6 heteroatoms. The van der Waals surface area contributed by atoms with Gasteiger partial charge in [0.2, 0.25) is 0 Å². The monoisotopic (exact) mass is 278 g/mol. The Morgan fingerprint density at radius 2 is 2.06 bits per heavy atom. The molecule has 0 atom stereocenters. The topological polar surface area (TPSA) is 26.3 Å². The number of para-hydroxylation sites is 1. The molecule has 0 bridgehead atoms. The number of carbonyl (C=O) groups is 1. The number of hydrogen-bond donors (Lipinski definition) is 0. The molecule has 0 aliphatic rings. The van der Waals surface area contributed by atoms with Gasteiger partial charge in [0, 0.05) is 12.0 Å². The smallest absolute Gasteiger partial charge is 0.446 e. The fourth-order valence-electron chi connectivity index (χ4n) is 1.48.